The fourth-order valence-electron chi connectivity index (χ4n) is 3.08. The average Bonchev–Trinajstić information content (AvgIpc) is 2.73. The second-order valence-corrected chi connectivity index (χ2v) is 6.74. The molecule has 0 unspecified atom stereocenters. The molecule has 2 amide bonds. The maximum absolute atomic E-state index is 13.3. The number of thiocarbonyl (C=S) groups is 1. The van der Waals surface area contributed by atoms with Crippen molar-refractivity contribution in [1.82, 2.24) is 5.32 Å². The van der Waals surface area contributed by atoms with Crippen molar-refractivity contribution in [2.45, 2.75) is 12.6 Å². The molecule has 1 N–H and O–H groups in total. The summed E-state index contributed by atoms with van der Waals surface area (Å²) in [6.07, 6.45) is -4.73. The first-order valence-corrected chi connectivity index (χ1v) is 9.16. The van der Waals surface area contributed by atoms with Gasteiger partial charge in [-0.3, -0.25) is 14.5 Å². The highest BCUT2D eigenvalue weighted by Gasteiger charge is 2.36. The number of benzene rings is 2. The number of hydrogen-bond acceptors (Lipinski definition) is 4. The van der Waals surface area contributed by atoms with Crippen LogP contribution in [-0.2, 0) is 11.0 Å². The van der Waals surface area contributed by atoms with Crippen molar-refractivity contribution < 1.29 is 22.8 Å². The lowest BCUT2D eigenvalue weighted by atomic mass is 10.1. The van der Waals surface area contributed by atoms with Crippen LogP contribution < -0.4 is 15.1 Å². The fraction of sp³-hybridized carbons (Fsp3) is 0.200. The first-order chi connectivity index (χ1) is 14.2. The smallest absolute Gasteiger partial charge is 0.355 e. The summed E-state index contributed by atoms with van der Waals surface area (Å²) >= 11 is 5.40. The molecule has 1 saturated heterocycles. The lowest BCUT2D eigenvalue weighted by Gasteiger charge is -2.37. The standard InChI is InChI=1S/C20H15F3N4O2S/c1-25-18(29)12-2-5-14(6-3-12)26-9-8-17(28)27(19(26)30)15-7-4-13(11-24)16(10-15)20(21,22)23/h2-7,10H,8-9H2,1H3,(H,25,29). The van der Waals surface area contributed by atoms with Crippen molar-refractivity contribution in [3.8, 4) is 6.07 Å². The van der Waals surface area contributed by atoms with Gasteiger partial charge >= 0.3 is 6.18 Å². The van der Waals surface area contributed by atoms with Crippen molar-refractivity contribution >= 4 is 40.5 Å². The zero-order valence-electron chi connectivity index (χ0n) is 15.7. The first kappa shape index (κ1) is 21.3. The summed E-state index contributed by atoms with van der Waals surface area (Å²) in [7, 11) is 1.51. The predicted octanol–water partition coefficient (Wildman–Crippen LogP) is 3.46. The Labute approximate surface area is 175 Å². The van der Waals surface area contributed by atoms with Gasteiger partial charge in [0.05, 0.1) is 22.9 Å². The number of carbonyl (C=O) groups is 2. The summed E-state index contributed by atoms with van der Waals surface area (Å²) < 4.78 is 40.0. The summed E-state index contributed by atoms with van der Waals surface area (Å²) in [6, 6.07) is 11.0. The van der Waals surface area contributed by atoms with Crippen LogP contribution in [0, 0.1) is 11.3 Å². The molecule has 0 radical (unpaired) electrons. The van der Waals surface area contributed by atoms with Gasteiger partial charge in [-0.25, -0.2) is 0 Å². The van der Waals surface area contributed by atoms with Crippen molar-refractivity contribution in [3.63, 3.8) is 0 Å². The van der Waals surface area contributed by atoms with Crippen molar-refractivity contribution in [3.05, 3.63) is 59.2 Å². The summed E-state index contributed by atoms with van der Waals surface area (Å²) in [5.74, 6) is -0.715. The third kappa shape index (κ3) is 3.97. The number of halogens is 3. The highest BCUT2D eigenvalue weighted by molar-refractivity contribution is 7.81. The molecule has 0 bridgehead atoms. The van der Waals surface area contributed by atoms with E-state index in [1.54, 1.807) is 29.2 Å². The van der Waals surface area contributed by atoms with Crippen molar-refractivity contribution in [2.75, 3.05) is 23.4 Å². The number of nitriles is 1. The Balaban J connectivity index is 1.97. The van der Waals surface area contributed by atoms with Crippen LogP contribution in [0.5, 0.6) is 0 Å². The van der Waals surface area contributed by atoms with Crippen LogP contribution in [0.15, 0.2) is 42.5 Å². The van der Waals surface area contributed by atoms with E-state index < -0.39 is 23.2 Å². The van der Waals surface area contributed by atoms with Crippen LogP contribution in [-0.4, -0.2) is 30.5 Å². The monoisotopic (exact) mass is 432 g/mol. The SMILES string of the molecule is CNC(=O)c1ccc(N2CCC(=O)N(c3ccc(C#N)c(C(F)(F)F)c3)C2=S)cc1. The maximum Gasteiger partial charge on any atom is 0.417 e. The quantitative estimate of drug-likeness (QED) is 0.752. The van der Waals surface area contributed by atoms with E-state index in [4.69, 9.17) is 17.5 Å². The Morgan fingerprint density at radius 3 is 2.37 bits per heavy atom. The topological polar surface area (TPSA) is 76.4 Å². The Hall–Kier alpha value is -3.45. The number of nitrogens with zero attached hydrogens (tertiary/aromatic N) is 3. The average molecular weight is 432 g/mol. The molecule has 6 nitrogen and oxygen atoms in total. The highest BCUT2D eigenvalue weighted by atomic mass is 32.1. The van der Waals surface area contributed by atoms with Gasteiger partial charge in [0.1, 0.15) is 0 Å². The van der Waals surface area contributed by atoms with Crippen LogP contribution in [0.4, 0.5) is 24.5 Å². The predicted molar refractivity (Wildman–Crippen MR) is 108 cm³/mol. The van der Waals surface area contributed by atoms with Gasteiger partial charge in [-0.15, -0.1) is 0 Å². The third-order valence-corrected chi connectivity index (χ3v) is 4.98. The van der Waals surface area contributed by atoms with Gasteiger partial charge < -0.3 is 10.2 Å². The molecule has 0 saturated carbocycles. The Morgan fingerprint density at radius 2 is 1.80 bits per heavy atom. The highest BCUT2D eigenvalue weighted by Crippen LogP contribution is 2.35. The molecule has 0 aliphatic carbocycles. The molecule has 0 spiro atoms. The van der Waals surface area contributed by atoms with E-state index in [9.17, 15) is 22.8 Å². The van der Waals surface area contributed by atoms with Crippen LogP contribution in [0.25, 0.3) is 0 Å². The van der Waals surface area contributed by atoms with Crippen molar-refractivity contribution in [1.29, 1.82) is 5.26 Å². The van der Waals surface area contributed by atoms with Gasteiger partial charge in [-0.2, -0.15) is 18.4 Å². The summed E-state index contributed by atoms with van der Waals surface area (Å²) in [5.41, 5.74) is -0.717. The van der Waals surface area contributed by atoms with Gasteiger partial charge in [-0.05, 0) is 54.7 Å². The molecule has 30 heavy (non-hydrogen) atoms. The van der Waals surface area contributed by atoms with E-state index in [0.717, 1.165) is 17.0 Å². The van der Waals surface area contributed by atoms with Crippen LogP contribution >= 0.6 is 12.2 Å². The normalized spacial score (nSPS) is 14.5. The maximum atomic E-state index is 13.3. The number of alkyl halides is 3. The van der Waals surface area contributed by atoms with Crippen molar-refractivity contribution in [2.24, 2.45) is 0 Å². The minimum Gasteiger partial charge on any atom is -0.355 e. The first-order valence-electron chi connectivity index (χ1n) is 8.75. The van der Waals surface area contributed by atoms with Gasteiger partial charge in [0.25, 0.3) is 5.91 Å². The number of carbonyl (C=O) groups excluding carboxylic acids is 2. The molecular formula is C20H15F3N4O2S. The summed E-state index contributed by atoms with van der Waals surface area (Å²) in [5, 5.41) is 11.5. The zero-order chi connectivity index (χ0) is 22.1. The Bertz CT molecular complexity index is 1060. The molecule has 1 heterocycles. The fourth-order valence-corrected chi connectivity index (χ4v) is 3.48. The molecule has 2 aromatic rings. The number of nitrogens with one attached hydrogen (secondary N) is 1. The van der Waals surface area contributed by atoms with Crippen LogP contribution in [0.3, 0.4) is 0 Å². The van der Waals surface area contributed by atoms with E-state index in [0.29, 0.717) is 11.3 Å². The molecule has 1 fully saturated rings. The Kier molecular flexibility index (Phi) is 5.75. The van der Waals surface area contributed by atoms with Crippen LogP contribution in [0.1, 0.15) is 27.9 Å². The van der Waals surface area contributed by atoms with E-state index in [1.807, 2.05) is 0 Å². The molecule has 154 valence electrons. The lowest BCUT2D eigenvalue weighted by molar-refractivity contribution is -0.137. The molecule has 3 rings (SSSR count). The third-order valence-electron chi connectivity index (χ3n) is 4.58. The van der Waals surface area contributed by atoms with Gasteiger partial charge in [0, 0.05) is 31.3 Å². The largest absolute Gasteiger partial charge is 0.417 e. The summed E-state index contributed by atoms with van der Waals surface area (Å²) in [4.78, 5) is 26.8. The van der Waals surface area contributed by atoms with E-state index in [-0.39, 0.29) is 29.7 Å². The molecule has 0 aromatic heterocycles. The van der Waals surface area contributed by atoms with Gasteiger partial charge in [-0.1, -0.05) is 0 Å². The Morgan fingerprint density at radius 1 is 1.17 bits per heavy atom. The second-order valence-electron chi connectivity index (χ2n) is 6.38. The zero-order valence-corrected chi connectivity index (χ0v) is 16.5. The molecule has 1 aliphatic rings. The van der Waals surface area contributed by atoms with Gasteiger partial charge in [0.2, 0.25) is 5.91 Å². The van der Waals surface area contributed by atoms with E-state index >= 15 is 0 Å². The summed E-state index contributed by atoms with van der Waals surface area (Å²) in [6.45, 7) is 0.246. The van der Waals surface area contributed by atoms with Gasteiger partial charge in [0.15, 0.2) is 5.11 Å². The van der Waals surface area contributed by atoms with E-state index in [1.165, 1.54) is 19.2 Å². The lowest BCUT2D eigenvalue weighted by Crippen LogP contribution is -2.52. The number of rotatable bonds is 3. The van der Waals surface area contributed by atoms with Crippen LogP contribution in [0.2, 0.25) is 0 Å². The molecule has 0 atom stereocenters. The number of hydrogen-bond donors (Lipinski definition) is 1. The minimum atomic E-state index is -4.75. The molecule has 10 heteroatoms. The number of anilines is 2. The number of amides is 2. The molecule has 2 aromatic carbocycles. The minimum absolute atomic E-state index is 0.0109. The molecular weight excluding hydrogens is 417 g/mol. The molecule has 1 aliphatic heterocycles. The second kappa shape index (κ2) is 8.12. The van der Waals surface area contributed by atoms with E-state index in [2.05, 4.69) is 5.32 Å².